The van der Waals surface area contributed by atoms with Crippen molar-refractivity contribution in [1.29, 1.82) is 0 Å². The maximum atomic E-state index is 13.2. The van der Waals surface area contributed by atoms with Crippen molar-refractivity contribution < 1.29 is 14.6 Å². The lowest BCUT2D eigenvalue weighted by atomic mass is 10.0. The van der Waals surface area contributed by atoms with E-state index >= 15 is 0 Å². The number of aromatic nitrogens is 1. The lowest BCUT2D eigenvalue weighted by molar-refractivity contribution is -0.123. The van der Waals surface area contributed by atoms with E-state index in [1.54, 1.807) is 47.7 Å². The molecule has 2 aromatic carbocycles. The molecule has 28 heavy (non-hydrogen) atoms. The Labute approximate surface area is 168 Å². The molecule has 1 aromatic heterocycles. The van der Waals surface area contributed by atoms with E-state index < -0.39 is 0 Å². The molecule has 0 bridgehead atoms. The molecular formula is C22H22N2O3S. The van der Waals surface area contributed by atoms with E-state index in [1.165, 1.54) is 7.11 Å². The van der Waals surface area contributed by atoms with Crippen LogP contribution in [0.4, 0.5) is 0 Å². The van der Waals surface area contributed by atoms with Crippen molar-refractivity contribution in [3.63, 3.8) is 0 Å². The van der Waals surface area contributed by atoms with E-state index in [0.29, 0.717) is 17.9 Å². The van der Waals surface area contributed by atoms with Crippen LogP contribution in [-0.2, 0) is 11.2 Å². The number of carbonyl (C=O) groups is 1. The van der Waals surface area contributed by atoms with Gasteiger partial charge >= 0.3 is 0 Å². The zero-order valence-corrected chi connectivity index (χ0v) is 16.6. The average Bonchev–Trinajstić information content (AvgIpc) is 3.25. The first-order valence-electron chi connectivity index (χ1n) is 8.86. The number of aromatic hydroxyl groups is 1. The third-order valence-corrected chi connectivity index (χ3v) is 5.16. The van der Waals surface area contributed by atoms with Crippen LogP contribution in [0.5, 0.6) is 11.5 Å². The number of hydrogen-bond acceptors (Lipinski definition) is 5. The second kappa shape index (κ2) is 9.19. The first-order valence-corrected chi connectivity index (χ1v) is 9.74. The van der Waals surface area contributed by atoms with E-state index in [2.05, 4.69) is 4.98 Å². The minimum Gasteiger partial charge on any atom is -0.504 e. The highest BCUT2D eigenvalue weighted by Crippen LogP contribution is 2.29. The molecule has 0 aliphatic heterocycles. The number of phenols is 1. The molecule has 3 rings (SSSR count). The number of thiazole rings is 1. The Bertz CT molecular complexity index is 953. The minimum absolute atomic E-state index is 0.0628. The summed E-state index contributed by atoms with van der Waals surface area (Å²) in [6.07, 6.45) is 4.31. The Hall–Kier alpha value is -3.12. The van der Waals surface area contributed by atoms with Crippen LogP contribution in [0.15, 0.2) is 60.1 Å². The highest BCUT2D eigenvalue weighted by Gasteiger charge is 2.17. The number of benzene rings is 2. The Kier molecular flexibility index (Phi) is 6.45. The average molecular weight is 394 g/mol. The molecule has 1 heterocycles. The largest absolute Gasteiger partial charge is 0.504 e. The molecular weight excluding hydrogens is 372 g/mol. The predicted octanol–water partition coefficient (Wildman–Crippen LogP) is 4.10. The minimum atomic E-state index is -0.0743. The van der Waals surface area contributed by atoms with Gasteiger partial charge < -0.3 is 14.7 Å². The first kappa shape index (κ1) is 19.6. The third kappa shape index (κ3) is 4.78. The Morgan fingerprint density at radius 3 is 2.71 bits per heavy atom. The Balaban J connectivity index is 1.89. The van der Waals surface area contributed by atoms with Gasteiger partial charge in [-0.1, -0.05) is 36.4 Å². The van der Waals surface area contributed by atoms with Gasteiger partial charge in [0.05, 0.1) is 12.1 Å². The number of nitrogens with zero attached hydrogens (tertiary/aromatic N) is 2. The Morgan fingerprint density at radius 1 is 1.25 bits per heavy atom. The summed E-state index contributed by atoms with van der Waals surface area (Å²) in [5.41, 5.74) is 2.19. The summed E-state index contributed by atoms with van der Waals surface area (Å²) < 4.78 is 5.18. The van der Waals surface area contributed by atoms with Crippen molar-refractivity contribution in [3.8, 4) is 11.5 Å². The maximum absolute atomic E-state index is 13.2. The number of carbonyl (C=O) groups excluding carboxylic acids is 1. The fourth-order valence-corrected chi connectivity index (χ4v) is 3.39. The SMILES string of the molecule is COc1cc(C=C(C(=O)N(C)CCc2nccs2)c2ccccc2)ccc1O. The van der Waals surface area contributed by atoms with Gasteiger partial charge in [-0.05, 0) is 29.3 Å². The molecule has 5 nitrogen and oxygen atoms in total. The number of ether oxygens (including phenoxy) is 1. The number of phenolic OH excluding ortho intramolecular Hbond substituents is 1. The third-order valence-electron chi connectivity index (χ3n) is 4.32. The van der Waals surface area contributed by atoms with Crippen molar-refractivity contribution >= 4 is 28.9 Å². The van der Waals surface area contributed by atoms with E-state index in [1.807, 2.05) is 41.8 Å². The predicted molar refractivity (Wildman–Crippen MR) is 112 cm³/mol. The van der Waals surface area contributed by atoms with Crippen LogP contribution in [0.25, 0.3) is 11.6 Å². The molecule has 0 atom stereocenters. The molecule has 1 N–H and O–H groups in total. The van der Waals surface area contributed by atoms with E-state index in [0.717, 1.165) is 22.6 Å². The first-order chi connectivity index (χ1) is 13.6. The lowest BCUT2D eigenvalue weighted by Crippen LogP contribution is -2.29. The van der Waals surface area contributed by atoms with Gasteiger partial charge in [0.2, 0.25) is 0 Å². The quantitative estimate of drug-likeness (QED) is 0.484. The molecule has 0 spiro atoms. The number of rotatable bonds is 7. The topological polar surface area (TPSA) is 62.7 Å². The summed E-state index contributed by atoms with van der Waals surface area (Å²) in [6, 6.07) is 14.6. The molecule has 0 fully saturated rings. The van der Waals surface area contributed by atoms with Gasteiger partial charge in [0.15, 0.2) is 11.5 Å². The summed E-state index contributed by atoms with van der Waals surface area (Å²) in [5, 5.41) is 12.8. The number of amides is 1. The summed E-state index contributed by atoms with van der Waals surface area (Å²) in [6.45, 7) is 0.579. The molecule has 0 aliphatic rings. The van der Waals surface area contributed by atoms with Crippen molar-refractivity contribution in [1.82, 2.24) is 9.88 Å². The van der Waals surface area contributed by atoms with Crippen molar-refractivity contribution in [2.45, 2.75) is 6.42 Å². The van der Waals surface area contributed by atoms with E-state index in [9.17, 15) is 9.90 Å². The van der Waals surface area contributed by atoms with Crippen LogP contribution >= 0.6 is 11.3 Å². The second-order valence-corrected chi connectivity index (χ2v) is 7.24. The van der Waals surface area contributed by atoms with Crippen LogP contribution < -0.4 is 4.74 Å². The smallest absolute Gasteiger partial charge is 0.254 e. The van der Waals surface area contributed by atoms with Crippen molar-refractivity contribution in [3.05, 3.63) is 76.2 Å². The van der Waals surface area contributed by atoms with Gasteiger partial charge in [-0.15, -0.1) is 11.3 Å². The van der Waals surface area contributed by atoms with Gasteiger partial charge in [0, 0.05) is 37.2 Å². The van der Waals surface area contributed by atoms with Crippen LogP contribution in [0, 0.1) is 0 Å². The molecule has 3 aromatic rings. The molecule has 0 saturated carbocycles. The fraction of sp³-hybridized carbons (Fsp3) is 0.182. The van der Waals surface area contributed by atoms with Gasteiger partial charge in [-0.3, -0.25) is 4.79 Å². The highest BCUT2D eigenvalue weighted by atomic mass is 32.1. The fourth-order valence-electron chi connectivity index (χ4n) is 2.78. The molecule has 0 aliphatic carbocycles. The number of likely N-dealkylation sites (N-methyl/N-ethyl adjacent to an activating group) is 1. The number of methoxy groups -OCH3 is 1. The summed E-state index contributed by atoms with van der Waals surface area (Å²) in [7, 11) is 3.29. The van der Waals surface area contributed by atoms with Gasteiger partial charge in [0.25, 0.3) is 5.91 Å². The zero-order valence-electron chi connectivity index (χ0n) is 15.8. The van der Waals surface area contributed by atoms with Gasteiger partial charge in [-0.2, -0.15) is 0 Å². The molecule has 0 radical (unpaired) electrons. The molecule has 6 heteroatoms. The number of hydrogen-bond donors (Lipinski definition) is 1. The van der Waals surface area contributed by atoms with Crippen LogP contribution in [0.1, 0.15) is 16.1 Å². The van der Waals surface area contributed by atoms with Gasteiger partial charge in [-0.25, -0.2) is 4.98 Å². The normalized spacial score (nSPS) is 11.3. The van der Waals surface area contributed by atoms with Crippen LogP contribution in [0.3, 0.4) is 0 Å². The lowest BCUT2D eigenvalue weighted by Gasteiger charge is -2.19. The zero-order chi connectivity index (χ0) is 19.9. The summed E-state index contributed by atoms with van der Waals surface area (Å²) in [4.78, 5) is 19.2. The monoisotopic (exact) mass is 394 g/mol. The van der Waals surface area contributed by atoms with Crippen molar-refractivity contribution in [2.24, 2.45) is 0 Å². The van der Waals surface area contributed by atoms with Gasteiger partial charge in [0.1, 0.15) is 0 Å². The summed E-state index contributed by atoms with van der Waals surface area (Å²) in [5.74, 6) is 0.355. The molecule has 1 amide bonds. The Morgan fingerprint density at radius 2 is 2.04 bits per heavy atom. The molecule has 0 saturated heterocycles. The van der Waals surface area contributed by atoms with E-state index in [4.69, 9.17) is 4.74 Å². The maximum Gasteiger partial charge on any atom is 0.254 e. The molecule has 0 unspecified atom stereocenters. The van der Waals surface area contributed by atoms with Crippen LogP contribution in [0.2, 0.25) is 0 Å². The van der Waals surface area contributed by atoms with E-state index in [-0.39, 0.29) is 11.7 Å². The highest BCUT2D eigenvalue weighted by molar-refractivity contribution is 7.09. The second-order valence-electron chi connectivity index (χ2n) is 6.26. The van der Waals surface area contributed by atoms with Crippen LogP contribution in [-0.4, -0.2) is 41.6 Å². The standard InChI is InChI=1S/C22H22N2O3S/c1-24(12-10-21-23-11-13-28-21)22(26)18(17-6-4-3-5-7-17)14-16-8-9-19(25)20(15-16)27-2/h3-9,11,13-15,25H,10,12H2,1-2H3. The molecule has 144 valence electrons. The van der Waals surface area contributed by atoms with Crippen molar-refractivity contribution in [2.75, 3.05) is 20.7 Å². The summed E-state index contributed by atoms with van der Waals surface area (Å²) >= 11 is 1.59.